The van der Waals surface area contributed by atoms with E-state index >= 15 is 0 Å². The second-order valence-electron chi connectivity index (χ2n) is 2.28. The molecule has 0 fully saturated rings. The van der Waals surface area contributed by atoms with E-state index in [4.69, 9.17) is 9.79 Å². The summed E-state index contributed by atoms with van der Waals surface area (Å²) in [6.07, 6.45) is 0. The molecule has 3 N–H and O–H groups in total. The fourth-order valence-electron chi connectivity index (χ4n) is 0.737. The lowest BCUT2D eigenvalue weighted by Gasteiger charge is -2.09. The molecule has 0 aliphatic carbocycles. The maximum Gasteiger partial charge on any atom is 0.427 e. The summed E-state index contributed by atoms with van der Waals surface area (Å²) in [6, 6.07) is 4.94. The monoisotopic (exact) mass is 329 g/mol. The van der Waals surface area contributed by atoms with E-state index in [1.807, 2.05) is 0 Å². The fourth-order valence-corrected chi connectivity index (χ4v) is 2.55. The predicted octanol–water partition coefficient (Wildman–Crippen LogP) is 2.72. The number of nitrogens with one attached hydrogen (secondary N) is 1. The van der Waals surface area contributed by atoms with Gasteiger partial charge in [-0.2, -0.15) is 0 Å². The first-order valence-corrected chi connectivity index (χ1v) is 6.37. The van der Waals surface area contributed by atoms with E-state index in [0.717, 1.165) is 4.47 Å². The molecule has 0 bridgehead atoms. The van der Waals surface area contributed by atoms with Crippen LogP contribution in [-0.2, 0) is 4.57 Å². The van der Waals surface area contributed by atoms with Crippen molar-refractivity contribution >= 4 is 45.3 Å². The molecule has 0 radical (unpaired) electrons. The first-order chi connectivity index (χ1) is 5.88. The molecule has 0 spiro atoms. The molecule has 0 aliphatic rings. The summed E-state index contributed by atoms with van der Waals surface area (Å²) in [6.45, 7) is 0. The van der Waals surface area contributed by atoms with Gasteiger partial charge in [-0.05, 0) is 34.1 Å². The lowest BCUT2D eigenvalue weighted by atomic mass is 10.3. The Hall–Kier alpha value is 0.130. The van der Waals surface area contributed by atoms with E-state index in [1.54, 1.807) is 18.2 Å². The molecule has 0 atom stereocenters. The van der Waals surface area contributed by atoms with E-state index in [-0.39, 0.29) is 0 Å². The van der Waals surface area contributed by atoms with Crippen LogP contribution in [0.15, 0.2) is 27.1 Å². The molecule has 7 heteroatoms. The van der Waals surface area contributed by atoms with Crippen LogP contribution in [0.25, 0.3) is 0 Å². The Bertz CT molecular complexity index is 365. The lowest BCUT2D eigenvalue weighted by molar-refractivity contribution is 0.380. The molecule has 1 rings (SSSR count). The van der Waals surface area contributed by atoms with Gasteiger partial charge in [-0.1, -0.05) is 15.9 Å². The number of rotatable bonds is 2. The Kier molecular flexibility index (Phi) is 3.54. The van der Waals surface area contributed by atoms with Gasteiger partial charge in [0, 0.05) is 8.95 Å². The minimum absolute atomic E-state index is 0.358. The Morgan fingerprint density at radius 1 is 1.31 bits per heavy atom. The van der Waals surface area contributed by atoms with Crippen LogP contribution in [0.5, 0.6) is 0 Å². The van der Waals surface area contributed by atoms with Gasteiger partial charge in [0.15, 0.2) is 0 Å². The Morgan fingerprint density at radius 2 is 1.92 bits per heavy atom. The summed E-state index contributed by atoms with van der Waals surface area (Å²) in [4.78, 5) is 17.3. The zero-order valence-corrected chi connectivity index (χ0v) is 10.3. The summed E-state index contributed by atoms with van der Waals surface area (Å²) in [7, 11) is -4.22. The third kappa shape index (κ3) is 3.79. The fraction of sp³-hybridized carbons (Fsp3) is 0. The Morgan fingerprint density at radius 3 is 2.38 bits per heavy atom. The molecule has 4 nitrogen and oxygen atoms in total. The molecular weight excluding hydrogens is 325 g/mol. The van der Waals surface area contributed by atoms with Crippen LogP contribution in [0.1, 0.15) is 0 Å². The summed E-state index contributed by atoms with van der Waals surface area (Å²) >= 11 is 6.39. The standard InChI is InChI=1S/C6H6Br2NO3P/c7-4-1-2-6(5(8)3-4)9-13(10,11)12/h1-3H,(H3,9,10,11,12). The van der Waals surface area contributed by atoms with E-state index in [9.17, 15) is 4.57 Å². The number of benzene rings is 1. The predicted molar refractivity (Wildman–Crippen MR) is 57.5 cm³/mol. The van der Waals surface area contributed by atoms with Crippen molar-refractivity contribution < 1.29 is 14.4 Å². The summed E-state index contributed by atoms with van der Waals surface area (Å²) in [5, 5.41) is 2.08. The maximum absolute atomic E-state index is 10.6. The molecule has 0 saturated carbocycles. The van der Waals surface area contributed by atoms with Crippen molar-refractivity contribution in [2.45, 2.75) is 0 Å². The largest absolute Gasteiger partial charge is 0.427 e. The van der Waals surface area contributed by atoms with Gasteiger partial charge in [-0.15, -0.1) is 0 Å². The molecular formula is C6H6Br2NO3P. The van der Waals surface area contributed by atoms with Crippen LogP contribution in [0.3, 0.4) is 0 Å². The number of hydrogen-bond acceptors (Lipinski definition) is 1. The van der Waals surface area contributed by atoms with Crippen molar-refractivity contribution in [3.8, 4) is 0 Å². The van der Waals surface area contributed by atoms with Crippen LogP contribution in [-0.4, -0.2) is 9.79 Å². The van der Waals surface area contributed by atoms with Crippen molar-refractivity contribution in [3.05, 3.63) is 27.1 Å². The Balaban J connectivity index is 2.97. The first kappa shape index (κ1) is 11.2. The van der Waals surface area contributed by atoms with Gasteiger partial charge >= 0.3 is 7.75 Å². The van der Waals surface area contributed by atoms with E-state index in [2.05, 4.69) is 36.9 Å². The minimum Gasteiger partial charge on any atom is -0.308 e. The number of hydrogen-bond donors (Lipinski definition) is 3. The van der Waals surface area contributed by atoms with Crippen molar-refractivity contribution in [1.82, 2.24) is 0 Å². The highest BCUT2D eigenvalue weighted by Gasteiger charge is 2.13. The molecule has 1 aromatic carbocycles. The molecule has 0 heterocycles. The highest BCUT2D eigenvalue weighted by atomic mass is 79.9. The number of halogens is 2. The quantitative estimate of drug-likeness (QED) is 0.729. The van der Waals surface area contributed by atoms with Gasteiger partial charge in [0.05, 0.1) is 5.69 Å². The molecule has 0 aliphatic heterocycles. The van der Waals surface area contributed by atoms with Crippen LogP contribution in [0.2, 0.25) is 0 Å². The normalized spacial score (nSPS) is 11.4. The molecule has 0 saturated heterocycles. The molecule has 0 amide bonds. The van der Waals surface area contributed by atoms with Crippen molar-refractivity contribution in [1.29, 1.82) is 0 Å². The SMILES string of the molecule is O=P(O)(O)Nc1ccc(Br)cc1Br. The molecule has 72 valence electrons. The Labute approximate surface area is 91.8 Å². The zero-order valence-electron chi connectivity index (χ0n) is 6.24. The van der Waals surface area contributed by atoms with Gasteiger partial charge in [-0.25, -0.2) is 4.57 Å². The van der Waals surface area contributed by atoms with Crippen molar-refractivity contribution in [2.75, 3.05) is 5.09 Å². The van der Waals surface area contributed by atoms with Crippen LogP contribution in [0, 0.1) is 0 Å². The van der Waals surface area contributed by atoms with Gasteiger partial charge in [0.25, 0.3) is 0 Å². The third-order valence-corrected chi connectivity index (χ3v) is 2.88. The van der Waals surface area contributed by atoms with Gasteiger partial charge in [0.1, 0.15) is 0 Å². The second-order valence-corrected chi connectivity index (χ2v) is 5.36. The first-order valence-electron chi connectivity index (χ1n) is 3.17. The summed E-state index contributed by atoms with van der Waals surface area (Å²) in [5.41, 5.74) is 0.358. The highest BCUT2D eigenvalue weighted by Crippen LogP contribution is 2.38. The minimum atomic E-state index is -4.22. The summed E-state index contributed by atoms with van der Waals surface area (Å²) in [5.74, 6) is 0. The molecule has 13 heavy (non-hydrogen) atoms. The lowest BCUT2D eigenvalue weighted by Crippen LogP contribution is -1.95. The van der Waals surface area contributed by atoms with Crippen LogP contribution >= 0.6 is 39.6 Å². The van der Waals surface area contributed by atoms with Crippen LogP contribution in [0.4, 0.5) is 5.69 Å². The number of anilines is 1. The second kappa shape index (κ2) is 4.11. The van der Waals surface area contributed by atoms with E-state index < -0.39 is 7.75 Å². The topological polar surface area (TPSA) is 69.6 Å². The molecule has 1 aromatic rings. The summed E-state index contributed by atoms with van der Waals surface area (Å²) < 4.78 is 12.0. The van der Waals surface area contributed by atoms with Gasteiger partial charge in [0.2, 0.25) is 0 Å². The van der Waals surface area contributed by atoms with E-state index in [0.29, 0.717) is 10.2 Å². The smallest absolute Gasteiger partial charge is 0.308 e. The van der Waals surface area contributed by atoms with Gasteiger partial charge in [-0.3, -0.25) is 5.09 Å². The third-order valence-electron chi connectivity index (χ3n) is 1.20. The zero-order chi connectivity index (χ0) is 10.1. The van der Waals surface area contributed by atoms with Crippen LogP contribution < -0.4 is 5.09 Å². The van der Waals surface area contributed by atoms with Gasteiger partial charge < -0.3 is 9.79 Å². The average Bonchev–Trinajstić information content (AvgIpc) is 1.93. The van der Waals surface area contributed by atoms with Crippen molar-refractivity contribution in [3.63, 3.8) is 0 Å². The molecule has 0 aromatic heterocycles. The average molecular weight is 331 g/mol. The maximum atomic E-state index is 10.6. The molecule has 0 unspecified atom stereocenters. The highest BCUT2D eigenvalue weighted by molar-refractivity contribution is 9.11. The van der Waals surface area contributed by atoms with E-state index in [1.165, 1.54) is 0 Å². The van der Waals surface area contributed by atoms with Crippen molar-refractivity contribution in [2.24, 2.45) is 0 Å².